The van der Waals surface area contributed by atoms with Gasteiger partial charge in [0.25, 0.3) is 0 Å². The van der Waals surface area contributed by atoms with Crippen molar-refractivity contribution in [3.8, 4) is 0 Å². The third kappa shape index (κ3) is 2.48. The number of hydrogen-bond donors (Lipinski definition) is 2. The summed E-state index contributed by atoms with van der Waals surface area (Å²) in [5, 5.41) is 11.1. The molecule has 1 aliphatic heterocycles. The second-order valence-electron chi connectivity index (χ2n) is 3.97. The quantitative estimate of drug-likeness (QED) is 0.603. The molecule has 1 fully saturated rings. The van der Waals surface area contributed by atoms with Crippen molar-refractivity contribution in [2.24, 2.45) is 5.92 Å². The van der Waals surface area contributed by atoms with E-state index in [1.54, 1.807) is 24.3 Å². The zero-order valence-corrected chi connectivity index (χ0v) is 9.33. The third-order valence-corrected chi connectivity index (χ3v) is 2.74. The SMILES string of the molecule is O=C1N[C@H](C(=O)O)C(Cc2ccccc2)C(=O)O1. The van der Waals surface area contributed by atoms with Crippen LogP contribution in [0.2, 0.25) is 0 Å². The molecule has 1 aromatic rings. The summed E-state index contributed by atoms with van der Waals surface area (Å²) in [5.74, 6) is -2.97. The zero-order valence-electron chi connectivity index (χ0n) is 9.33. The number of carboxylic acid groups (broad SMARTS) is 1. The van der Waals surface area contributed by atoms with Gasteiger partial charge in [0.2, 0.25) is 0 Å². The molecular weight excluding hydrogens is 238 g/mol. The maximum Gasteiger partial charge on any atom is 0.415 e. The molecule has 1 unspecified atom stereocenters. The van der Waals surface area contributed by atoms with E-state index < -0.39 is 30.0 Å². The van der Waals surface area contributed by atoms with Crippen molar-refractivity contribution in [3.63, 3.8) is 0 Å². The number of nitrogens with one attached hydrogen (secondary N) is 1. The Balaban J connectivity index is 2.20. The first-order valence-corrected chi connectivity index (χ1v) is 5.37. The maximum absolute atomic E-state index is 11.6. The first-order valence-electron chi connectivity index (χ1n) is 5.37. The Hall–Kier alpha value is -2.37. The number of hydrogen-bond acceptors (Lipinski definition) is 4. The van der Waals surface area contributed by atoms with E-state index in [1.165, 1.54) is 0 Å². The van der Waals surface area contributed by atoms with Crippen LogP contribution in [0.5, 0.6) is 0 Å². The number of aliphatic carboxylic acids is 1. The maximum atomic E-state index is 11.6. The van der Waals surface area contributed by atoms with Crippen molar-refractivity contribution >= 4 is 18.0 Å². The topological polar surface area (TPSA) is 92.7 Å². The number of carbonyl (C=O) groups is 3. The van der Waals surface area contributed by atoms with Crippen LogP contribution in [0.25, 0.3) is 0 Å². The van der Waals surface area contributed by atoms with Crippen LogP contribution in [0, 0.1) is 5.92 Å². The molecule has 0 saturated carbocycles. The van der Waals surface area contributed by atoms with Gasteiger partial charge in [-0.05, 0) is 12.0 Å². The Labute approximate surface area is 103 Å². The minimum atomic E-state index is -1.25. The second-order valence-corrected chi connectivity index (χ2v) is 3.97. The van der Waals surface area contributed by atoms with Crippen LogP contribution in [0.1, 0.15) is 5.56 Å². The fourth-order valence-electron chi connectivity index (χ4n) is 1.86. The predicted molar refractivity (Wildman–Crippen MR) is 59.7 cm³/mol. The highest BCUT2D eigenvalue weighted by Crippen LogP contribution is 2.18. The average molecular weight is 249 g/mol. The van der Waals surface area contributed by atoms with Gasteiger partial charge in [-0.3, -0.25) is 4.79 Å². The smallest absolute Gasteiger partial charge is 0.415 e. The van der Waals surface area contributed by atoms with Gasteiger partial charge in [-0.1, -0.05) is 30.3 Å². The van der Waals surface area contributed by atoms with Gasteiger partial charge in [-0.15, -0.1) is 0 Å². The molecule has 6 nitrogen and oxygen atoms in total. The van der Waals surface area contributed by atoms with Crippen molar-refractivity contribution in [1.82, 2.24) is 5.32 Å². The van der Waals surface area contributed by atoms with Gasteiger partial charge in [0.15, 0.2) is 0 Å². The molecule has 6 heteroatoms. The first kappa shape index (κ1) is 12.1. The Kier molecular flexibility index (Phi) is 3.27. The van der Waals surface area contributed by atoms with E-state index in [0.29, 0.717) is 0 Å². The highest BCUT2D eigenvalue weighted by Gasteiger charge is 2.41. The summed E-state index contributed by atoms with van der Waals surface area (Å²) >= 11 is 0. The van der Waals surface area contributed by atoms with Crippen LogP contribution in [-0.2, 0) is 20.7 Å². The van der Waals surface area contributed by atoms with Crippen LogP contribution >= 0.6 is 0 Å². The Morgan fingerprint density at radius 3 is 2.56 bits per heavy atom. The minimum Gasteiger partial charge on any atom is -0.480 e. The van der Waals surface area contributed by atoms with Gasteiger partial charge in [0.05, 0.1) is 5.92 Å². The number of alkyl carbamates (subject to hydrolysis) is 1. The molecule has 1 saturated heterocycles. The lowest BCUT2D eigenvalue weighted by atomic mass is 9.91. The molecule has 1 aromatic carbocycles. The molecule has 0 spiro atoms. The molecule has 0 radical (unpaired) electrons. The van der Waals surface area contributed by atoms with Gasteiger partial charge in [0, 0.05) is 0 Å². The average Bonchev–Trinajstić information content (AvgIpc) is 2.33. The number of amides is 1. The summed E-state index contributed by atoms with van der Waals surface area (Å²) in [6, 6.07) is 7.71. The number of esters is 1. The van der Waals surface area contributed by atoms with E-state index in [-0.39, 0.29) is 6.42 Å². The summed E-state index contributed by atoms with van der Waals surface area (Å²) in [6.07, 6.45) is -0.812. The predicted octanol–water partition coefficient (Wildman–Crippen LogP) is 0.565. The molecule has 0 aromatic heterocycles. The van der Waals surface area contributed by atoms with Crippen LogP contribution in [0.15, 0.2) is 30.3 Å². The van der Waals surface area contributed by atoms with Crippen LogP contribution in [0.3, 0.4) is 0 Å². The van der Waals surface area contributed by atoms with E-state index in [9.17, 15) is 14.4 Å². The molecule has 94 valence electrons. The molecule has 0 aliphatic carbocycles. The fourth-order valence-corrected chi connectivity index (χ4v) is 1.86. The first-order chi connectivity index (χ1) is 8.58. The molecule has 2 atom stereocenters. The Morgan fingerprint density at radius 1 is 1.28 bits per heavy atom. The highest BCUT2D eigenvalue weighted by molar-refractivity contribution is 5.95. The lowest BCUT2D eigenvalue weighted by Crippen LogP contribution is -2.55. The standard InChI is InChI=1S/C12H11NO5/c14-10(15)9-8(11(16)18-12(17)13-9)6-7-4-2-1-3-5-7/h1-5,8-9H,6H2,(H,13,17)(H,14,15)/t8?,9-/m0/s1. The van der Waals surface area contributed by atoms with Crippen LogP contribution in [-0.4, -0.2) is 29.2 Å². The summed E-state index contributed by atoms with van der Waals surface area (Å²) in [7, 11) is 0. The molecule has 0 bridgehead atoms. The van der Waals surface area contributed by atoms with Crippen molar-refractivity contribution in [1.29, 1.82) is 0 Å². The largest absolute Gasteiger partial charge is 0.480 e. The minimum absolute atomic E-state index is 0.205. The van der Waals surface area contributed by atoms with Crippen molar-refractivity contribution in [3.05, 3.63) is 35.9 Å². The van der Waals surface area contributed by atoms with Crippen molar-refractivity contribution in [2.45, 2.75) is 12.5 Å². The summed E-state index contributed by atoms with van der Waals surface area (Å²) < 4.78 is 4.40. The highest BCUT2D eigenvalue weighted by atomic mass is 16.6. The molecule has 1 amide bonds. The monoisotopic (exact) mass is 249 g/mol. The molecule has 18 heavy (non-hydrogen) atoms. The Bertz CT molecular complexity index is 485. The van der Waals surface area contributed by atoms with Gasteiger partial charge >= 0.3 is 18.0 Å². The molecular formula is C12H11NO5. The zero-order chi connectivity index (χ0) is 13.1. The summed E-state index contributed by atoms with van der Waals surface area (Å²) in [6.45, 7) is 0. The van der Waals surface area contributed by atoms with Crippen LogP contribution in [0.4, 0.5) is 4.79 Å². The van der Waals surface area contributed by atoms with Crippen molar-refractivity contribution in [2.75, 3.05) is 0 Å². The summed E-state index contributed by atoms with van der Waals surface area (Å²) in [5.41, 5.74) is 0.807. The van der Waals surface area contributed by atoms with E-state index in [2.05, 4.69) is 10.1 Å². The second kappa shape index (κ2) is 4.87. The third-order valence-electron chi connectivity index (χ3n) is 2.74. The molecule has 1 heterocycles. The molecule has 1 aliphatic rings. The number of carbonyl (C=O) groups excluding carboxylic acids is 2. The van der Waals surface area contributed by atoms with Gasteiger partial charge < -0.3 is 15.2 Å². The van der Waals surface area contributed by atoms with E-state index in [1.807, 2.05) is 6.07 Å². The van der Waals surface area contributed by atoms with E-state index in [0.717, 1.165) is 5.56 Å². The number of benzene rings is 1. The number of cyclic esters (lactones) is 2. The number of rotatable bonds is 3. The van der Waals surface area contributed by atoms with Crippen LogP contribution < -0.4 is 5.32 Å². The number of carboxylic acids is 1. The molecule has 2 N–H and O–H groups in total. The van der Waals surface area contributed by atoms with Gasteiger partial charge in [-0.2, -0.15) is 0 Å². The van der Waals surface area contributed by atoms with Gasteiger partial charge in [0.1, 0.15) is 6.04 Å². The molecule has 2 rings (SSSR count). The van der Waals surface area contributed by atoms with Gasteiger partial charge in [-0.25, -0.2) is 9.59 Å². The lowest BCUT2D eigenvalue weighted by Gasteiger charge is -2.27. The normalized spacial score (nSPS) is 23.1. The van der Waals surface area contributed by atoms with Crippen molar-refractivity contribution < 1.29 is 24.2 Å². The Morgan fingerprint density at radius 2 is 1.94 bits per heavy atom. The van der Waals surface area contributed by atoms with E-state index >= 15 is 0 Å². The fraction of sp³-hybridized carbons (Fsp3) is 0.250. The summed E-state index contributed by atoms with van der Waals surface area (Å²) in [4.78, 5) is 33.6. The lowest BCUT2D eigenvalue weighted by molar-refractivity contribution is -0.154. The van der Waals surface area contributed by atoms with E-state index in [4.69, 9.17) is 5.11 Å². The number of ether oxygens (including phenoxy) is 1.